The number of para-hydroxylation sites is 1. The van der Waals surface area contributed by atoms with E-state index in [9.17, 15) is 4.79 Å². The van der Waals surface area contributed by atoms with Crippen molar-refractivity contribution in [2.75, 3.05) is 12.4 Å². The van der Waals surface area contributed by atoms with Gasteiger partial charge in [0, 0.05) is 22.6 Å². The van der Waals surface area contributed by atoms with E-state index < -0.39 is 0 Å². The Bertz CT molecular complexity index is 1200. The number of furan rings is 1. The molecule has 0 saturated carbocycles. The Balaban J connectivity index is 1.67. The molecule has 28 heavy (non-hydrogen) atoms. The van der Waals surface area contributed by atoms with Crippen LogP contribution in [0.4, 0.5) is 5.13 Å². The van der Waals surface area contributed by atoms with Crippen LogP contribution in [-0.2, 0) is 4.79 Å². The molecule has 0 fully saturated rings. The summed E-state index contributed by atoms with van der Waals surface area (Å²) in [6.45, 7) is 5.86. The van der Waals surface area contributed by atoms with Crippen molar-refractivity contribution in [3.05, 3.63) is 59.4 Å². The molecule has 1 amide bonds. The van der Waals surface area contributed by atoms with Crippen LogP contribution < -0.4 is 10.1 Å². The van der Waals surface area contributed by atoms with Crippen molar-refractivity contribution in [2.45, 2.75) is 20.8 Å². The first kappa shape index (κ1) is 18.3. The van der Waals surface area contributed by atoms with Crippen LogP contribution in [0.1, 0.15) is 23.6 Å². The number of thiazole rings is 1. The lowest BCUT2D eigenvalue weighted by Crippen LogP contribution is -2.08. The van der Waals surface area contributed by atoms with Crippen molar-refractivity contribution in [3.8, 4) is 5.75 Å². The number of aromatic nitrogens is 1. The summed E-state index contributed by atoms with van der Waals surface area (Å²) >= 11 is 1.45. The molecule has 0 aliphatic rings. The monoisotopic (exact) mass is 392 g/mol. The van der Waals surface area contributed by atoms with Crippen LogP contribution >= 0.6 is 11.3 Å². The molecule has 0 bridgehead atoms. The SMILES string of the molecule is COc1c(/C(C)=C/C(=O)Nc2nc3ccccc3s2)cc2c(C)coc2c1C. The summed E-state index contributed by atoms with van der Waals surface area (Å²) < 4.78 is 12.3. The van der Waals surface area contributed by atoms with Gasteiger partial charge in [-0.05, 0) is 50.1 Å². The first-order chi connectivity index (χ1) is 13.5. The van der Waals surface area contributed by atoms with Crippen molar-refractivity contribution < 1.29 is 13.9 Å². The highest BCUT2D eigenvalue weighted by atomic mass is 32.1. The first-order valence-electron chi connectivity index (χ1n) is 8.88. The average Bonchev–Trinajstić information content (AvgIpc) is 3.24. The minimum atomic E-state index is -0.222. The van der Waals surface area contributed by atoms with Crippen molar-refractivity contribution in [1.82, 2.24) is 4.98 Å². The molecule has 0 aliphatic heterocycles. The predicted octanol–water partition coefficient (Wildman–Crippen LogP) is 5.71. The molecule has 1 N–H and O–H groups in total. The number of carbonyl (C=O) groups is 1. The summed E-state index contributed by atoms with van der Waals surface area (Å²) in [4.78, 5) is 17.0. The maximum atomic E-state index is 12.6. The highest BCUT2D eigenvalue weighted by Crippen LogP contribution is 2.37. The first-order valence-corrected chi connectivity index (χ1v) is 9.70. The number of ether oxygens (including phenoxy) is 1. The van der Waals surface area contributed by atoms with Crippen LogP contribution in [0.3, 0.4) is 0 Å². The number of allylic oxidation sites excluding steroid dienone is 1. The zero-order valence-corrected chi connectivity index (χ0v) is 16.9. The molecule has 2 aromatic carbocycles. The normalized spacial score (nSPS) is 11.9. The lowest BCUT2D eigenvalue weighted by Gasteiger charge is -2.13. The van der Waals surface area contributed by atoms with Crippen LogP contribution in [-0.4, -0.2) is 18.0 Å². The van der Waals surface area contributed by atoms with Crippen LogP contribution in [0.15, 0.2) is 47.1 Å². The van der Waals surface area contributed by atoms with Crippen molar-refractivity contribution in [3.63, 3.8) is 0 Å². The Labute approximate surface area is 166 Å². The Morgan fingerprint density at radius 3 is 2.82 bits per heavy atom. The fourth-order valence-corrected chi connectivity index (χ4v) is 4.20. The van der Waals surface area contributed by atoms with Gasteiger partial charge in [-0.15, -0.1) is 0 Å². The third-order valence-electron chi connectivity index (χ3n) is 4.74. The van der Waals surface area contributed by atoms with Gasteiger partial charge in [-0.1, -0.05) is 23.5 Å². The lowest BCUT2D eigenvalue weighted by molar-refractivity contribution is -0.111. The Morgan fingerprint density at radius 1 is 1.29 bits per heavy atom. The van der Waals surface area contributed by atoms with Gasteiger partial charge in [-0.25, -0.2) is 4.98 Å². The quantitative estimate of drug-likeness (QED) is 0.452. The summed E-state index contributed by atoms with van der Waals surface area (Å²) in [5.41, 5.74) is 5.33. The number of methoxy groups -OCH3 is 1. The van der Waals surface area contributed by atoms with Gasteiger partial charge in [-0.2, -0.15) is 0 Å². The smallest absolute Gasteiger partial charge is 0.250 e. The number of nitrogens with zero attached hydrogens (tertiary/aromatic N) is 1. The standard InChI is InChI=1S/C22H20N2O3S/c1-12(9-19(25)24-22-23-17-7-5-6-8-18(17)28-22)15-10-16-13(2)11-27-21(16)14(3)20(15)26-4/h5-11H,1-4H3,(H,23,24,25)/b12-9+. The molecule has 0 saturated heterocycles. The second-order valence-corrected chi connectivity index (χ2v) is 7.71. The molecule has 0 spiro atoms. The largest absolute Gasteiger partial charge is 0.496 e. The highest BCUT2D eigenvalue weighted by molar-refractivity contribution is 7.22. The Hall–Kier alpha value is -3.12. The van der Waals surface area contributed by atoms with Crippen LogP contribution in [0, 0.1) is 13.8 Å². The number of anilines is 1. The molecule has 142 valence electrons. The predicted molar refractivity (Wildman–Crippen MR) is 114 cm³/mol. The number of fused-ring (bicyclic) bond motifs is 2. The van der Waals surface area contributed by atoms with E-state index in [2.05, 4.69) is 10.3 Å². The zero-order chi connectivity index (χ0) is 19.8. The maximum Gasteiger partial charge on any atom is 0.250 e. The maximum absolute atomic E-state index is 12.6. The number of nitrogens with one attached hydrogen (secondary N) is 1. The number of amides is 1. The van der Waals surface area contributed by atoms with Gasteiger partial charge in [0.1, 0.15) is 11.3 Å². The number of hydrogen-bond acceptors (Lipinski definition) is 5. The third kappa shape index (κ3) is 3.16. The van der Waals surface area contributed by atoms with Crippen molar-refractivity contribution in [1.29, 1.82) is 0 Å². The van der Waals surface area contributed by atoms with Gasteiger partial charge in [0.25, 0.3) is 0 Å². The average molecular weight is 392 g/mol. The summed E-state index contributed by atoms with van der Waals surface area (Å²) in [6.07, 6.45) is 3.31. The fourth-order valence-electron chi connectivity index (χ4n) is 3.34. The lowest BCUT2D eigenvalue weighted by atomic mass is 9.98. The molecule has 4 rings (SSSR count). The van der Waals surface area contributed by atoms with Crippen LogP contribution in [0.5, 0.6) is 5.75 Å². The molecule has 0 unspecified atom stereocenters. The molecule has 6 heteroatoms. The zero-order valence-electron chi connectivity index (χ0n) is 16.1. The third-order valence-corrected chi connectivity index (χ3v) is 5.69. The molecule has 0 radical (unpaired) electrons. The molecular formula is C22H20N2O3S. The van der Waals surface area contributed by atoms with Gasteiger partial charge in [-0.3, -0.25) is 10.1 Å². The molecule has 2 heterocycles. The van der Waals surface area contributed by atoms with E-state index in [0.29, 0.717) is 10.9 Å². The van der Waals surface area contributed by atoms with Gasteiger partial charge in [0.2, 0.25) is 5.91 Å². The summed E-state index contributed by atoms with van der Waals surface area (Å²) in [6, 6.07) is 9.81. The van der Waals surface area contributed by atoms with E-state index >= 15 is 0 Å². The number of carbonyl (C=O) groups excluding carboxylic acids is 1. The summed E-state index contributed by atoms with van der Waals surface area (Å²) in [7, 11) is 1.63. The minimum absolute atomic E-state index is 0.222. The molecular weight excluding hydrogens is 372 g/mol. The minimum Gasteiger partial charge on any atom is -0.496 e. The second kappa shape index (κ2) is 7.13. The number of benzene rings is 2. The van der Waals surface area contributed by atoms with Crippen LogP contribution in [0.2, 0.25) is 0 Å². The van der Waals surface area contributed by atoms with E-state index in [1.165, 1.54) is 11.3 Å². The fraction of sp³-hybridized carbons (Fsp3) is 0.182. The molecule has 0 atom stereocenters. The van der Waals surface area contributed by atoms with E-state index in [-0.39, 0.29) is 5.91 Å². The van der Waals surface area contributed by atoms with Gasteiger partial charge < -0.3 is 9.15 Å². The van der Waals surface area contributed by atoms with Crippen molar-refractivity contribution >= 4 is 49.1 Å². The summed E-state index contributed by atoms with van der Waals surface area (Å²) in [5.74, 6) is 0.490. The highest BCUT2D eigenvalue weighted by Gasteiger charge is 2.17. The second-order valence-electron chi connectivity index (χ2n) is 6.68. The topological polar surface area (TPSA) is 64.4 Å². The Morgan fingerprint density at radius 2 is 2.07 bits per heavy atom. The van der Waals surface area contributed by atoms with E-state index in [0.717, 1.165) is 43.4 Å². The summed E-state index contributed by atoms with van der Waals surface area (Å²) in [5, 5.41) is 4.46. The van der Waals surface area contributed by atoms with E-state index in [1.807, 2.05) is 51.1 Å². The molecule has 5 nitrogen and oxygen atoms in total. The number of rotatable bonds is 4. The van der Waals surface area contributed by atoms with Gasteiger partial charge >= 0.3 is 0 Å². The number of hydrogen-bond donors (Lipinski definition) is 1. The van der Waals surface area contributed by atoms with Gasteiger partial charge in [0.15, 0.2) is 5.13 Å². The molecule has 2 aromatic heterocycles. The van der Waals surface area contributed by atoms with Crippen molar-refractivity contribution in [2.24, 2.45) is 0 Å². The number of aryl methyl sites for hydroxylation is 2. The molecule has 4 aromatic rings. The van der Waals surface area contributed by atoms with E-state index in [4.69, 9.17) is 9.15 Å². The molecule has 0 aliphatic carbocycles. The van der Waals surface area contributed by atoms with E-state index in [1.54, 1.807) is 19.4 Å². The Kier molecular flexibility index (Phi) is 4.65. The van der Waals surface area contributed by atoms with Gasteiger partial charge in [0.05, 0.1) is 23.6 Å². The van der Waals surface area contributed by atoms with Crippen LogP contribution in [0.25, 0.3) is 26.8 Å².